The smallest absolute Gasteiger partial charge is 0.330 e. The fourth-order valence-electron chi connectivity index (χ4n) is 4.75. The van der Waals surface area contributed by atoms with Crippen LogP contribution in [0.25, 0.3) is 45.3 Å². The zero-order valence-electron chi connectivity index (χ0n) is 21.7. The molecule has 0 fully saturated rings. The number of benzene rings is 4. The van der Waals surface area contributed by atoms with Crippen LogP contribution in [0.3, 0.4) is 0 Å². The third-order valence-corrected chi connectivity index (χ3v) is 6.45. The molecular formula is C34H30N2O2. The molecule has 0 aliphatic carbocycles. The van der Waals surface area contributed by atoms with Crippen molar-refractivity contribution in [3.8, 4) is 39.2 Å². The molecule has 0 saturated heterocycles. The summed E-state index contributed by atoms with van der Waals surface area (Å²) >= 11 is 0. The Bertz CT molecular complexity index is 1570. The van der Waals surface area contributed by atoms with Crippen molar-refractivity contribution in [2.24, 2.45) is 0 Å². The summed E-state index contributed by atoms with van der Waals surface area (Å²) in [5, 5.41) is 5.23. The first kappa shape index (κ1) is 25.0. The third kappa shape index (κ3) is 5.21. The molecule has 4 aromatic carbocycles. The minimum atomic E-state index is -0.343. The molecule has 4 heteroatoms. The van der Waals surface area contributed by atoms with Gasteiger partial charge < -0.3 is 4.74 Å². The van der Waals surface area contributed by atoms with Gasteiger partial charge >= 0.3 is 5.97 Å². The Hall–Kier alpha value is -4.70. The van der Waals surface area contributed by atoms with Crippen LogP contribution < -0.4 is 0 Å². The summed E-state index contributed by atoms with van der Waals surface area (Å²) in [7, 11) is 0. The van der Waals surface area contributed by atoms with Gasteiger partial charge in [-0.2, -0.15) is 5.10 Å². The van der Waals surface area contributed by atoms with Crippen LogP contribution in [-0.4, -0.2) is 22.4 Å². The van der Waals surface area contributed by atoms with Crippen LogP contribution in [0.2, 0.25) is 0 Å². The van der Waals surface area contributed by atoms with E-state index in [9.17, 15) is 4.79 Å². The molecule has 0 amide bonds. The van der Waals surface area contributed by atoms with E-state index in [1.54, 1.807) is 13.0 Å². The van der Waals surface area contributed by atoms with E-state index in [1.807, 2.05) is 30.3 Å². The average Bonchev–Trinajstić information content (AvgIpc) is 3.37. The maximum Gasteiger partial charge on any atom is 0.330 e. The van der Waals surface area contributed by atoms with Gasteiger partial charge in [-0.05, 0) is 48.2 Å². The molecule has 0 radical (unpaired) electrons. The van der Waals surface area contributed by atoms with Gasteiger partial charge in [-0.25, -0.2) is 9.48 Å². The van der Waals surface area contributed by atoms with Crippen molar-refractivity contribution >= 4 is 12.0 Å². The third-order valence-electron chi connectivity index (χ3n) is 6.45. The predicted octanol–water partition coefficient (Wildman–Crippen LogP) is 8.01. The van der Waals surface area contributed by atoms with E-state index in [4.69, 9.17) is 9.84 Å². The summed E-state index contributed by atoms with van der Waals surface area (Å²) in [6, 6.07) is 37.4. The number of esters is 1. The van der Waals surface area contributed by atoms with Crippen LogP contribution in [-0.2, 0) is 16.0 Å². The molecule has 0 atom stereocenters. The van der Waals surface area contributed by atoms with Gasteiger partial charge in [0.2, 0.25) is 0 Å². The molecule has 0 aliphatic heterocycles. The number of hydrogen-bond donors (Lipinski definition) is 0. The van der Waals surface area contributed by atoms with Gasteiger partial charge in [-0.3, -0.25) is 0 Å². The standard InChI is InChI=1S/C34H30N2O2/c1-3-30-33(26-15-7-5-8-16-26)34(27-17-9-6-10-18-27)35-36(30)31-21-12-11-20-29(31)28-19-13-14-25(24-28)22-23-32(37)38-4-2/h5-24H,3-4H2,1-2H3. The zero-order valence-corrected chi connectivity index (χ0v) is 21.7. The Kier molecular flexibility index (Phi) is 7.60. The minimum Gasteiger partial charge on any atom is -0.463 e. The molecule has 188 valence electrons. The van der Waals surface area contributed by atoms with Gasteiger partial charge in [-0.1, -0.05) is 104 Å². The topological polar surface area (TPSA) is 44.1 Å². The second kappa shape index (κ2) is 11.6. The van der Waals surface area contributed by atoms with Crippen LogP contribution in [0.5, 0.6) is 0 Å². The van der Waals surface area contributed by atoms with Crippen LogP contribution in [0, 0.1) is 0 Å². The van der Waals surface area contributed by atoms with E-state index in [0.717, 1.165) is 56.9 Å². The van der Waals surface area contributed by atoms with Gasteiger partial charge in [0.1, 0.15) is 5.69 Å². The number of hydrogen-bond acceptors (Lipinski definition) is 3. The molecule has 5 aromatic rings. The first-order valence-corrected chi connectivity index (χ1v) is 13.0. The second-order valence-corrected chi connectivity index (χ2v) is 8.90. The first-order valence-electron chi connectivity index (χ1n) is 13.0. The molecule has 0 saturated carbocycles. The van der Waals surface area contributed by atoms with Gasteiger partial charge in [0.25, 0.3) is 0 Å². The highest BCUT2D eigenvalue weighted by Crippen LogP contribution is 2.38. The quantitative estimate of drug-likeness (QED) is 0.161. The van der Waals surface area contributed by atoms with Crippen molar-refractivity contribution in [3.63, 3.8) is 0 Å². The lowest BCUT2D eigenvalue weighted by Crippen LogP contribution is -2.04. The Morgan fingerprint density at radius 3 is 2.16 bits per heavy atom. The lowest BCUT2D eigenvalue weighted by atomic mass is 9.97. The summed E-state index contributed by atoms with van der Waals surface area (Å²) in [6.07, 6.45) is 4.08. The number of ether oxygens (including phenoxy) is 1. The number of carbonyl (C=O) groups excluding carboxylic acids is 1. The summed E-state index contributed by atoms with van der Waals surface area (Å²) in [6.45, 7) is 4.34. The lowest BCUT2D eigenvalue weighted by Gasteiger charge is -2.14. The van der Waals surface area contributed by atoms with Crippen LogP contribution in [0.15, 0.2) is 115 Å². The fourth-order valence-corrected chi connectivity index (χ4v) is 4.75. The molecular weight excluding hydrogens is 468 g/mol. The van der Waals surface area contributed by atoms with E-state index >= 15 is 0 Å². The molecule has 0 N–H and O–H groups in total. The van der Waals surface area contributed by atoms with Crippen LogP contribution >= 0.6 is 0 Å². The fraction of sp³-hybridized carbons (Fsp3) is 0.118. The molecule has 1 heterocycles. The molecule has 5 rings (SSSR count). The Balaban J connectivity index is 1.67. The number of rotatable bonds is 8. The largest absolute Gasteiger partial charge is 0.463 e. The Morgan fingerprint density at radius 1 is 0.789 bits per heavy atom. The van der Waals surface area contributed by atoms with E-state index in [2.05, 4.69) is 90.5 Å². The highest BCUT2D eigenvalue weighted by atomic mass is 16.5. The molecule has 0 spiro atoms. The van der Waals surface area contributed by atoms with Gasteiger partial charge in [0, 0.05) is 22.8 Å². The van der Waals surface area contributed by atoms with Crippen LogP contribution in [0.4, 0.5) is 0 Å². The summed E-state index contributed by atoms with van der Waals surface area (Å²) in [5.41, 5.74) is 9.56. The van der Waals surface area contributed by atoms with Gasteiger partial charge in [0.05, 0.1) is 18.0 Å². The monoisotopic (exact) mass is 498 g/mol. The lowest BCUT2D eigenvalue weighted by molar-refractivity contribution is -0.137. The molecule has 4 nitrogen and oxygen atoms in total. The van der Waals surface area contributed by atoms with E-state index in [0.29, 0.717) is 6.61 Å². The number of carbonyl (C=O) groups is 1. The SMILES string of the molecule is CCOC(=O)C=Cc1cccc(-c2ccccc2-n2nc(-c3ccccc3)c(-c3ccccc3)c2CC)c1. The molecule has 0 aliphatic rings. The molecule has 1 aromatic heterocycles. The highest BCUT2D eigenvalue weighted by molar-refractivity contribution is 5.88. The second-order valence-electron chi connectivity index (χ2n) is 8.90. The Labute approximate surface area is 223 Å². The normalized spacial score (nSPS) is 11.1. The first-order chi connectivity index (χ1) is 18.7. The maximum atomic E-state index is 11.8. The van der Waals surface area contributed by atoms with E-state index in [1.165, 1.54) is 6.08 Å². The molecule has 38 heavy (non-hydrogen) atoms. The van der Waals surface area contributed by atoms with Gasteiger partial charge in [-0.15, -0.1) is 0 Å². The highest BCUT2D eigenvalue weighted by Gasteiger charge is 2.22. The summed E-state index contributed by atoms with van der Waals surface area (Å²) < 4.78 is 7.13. The minimum absolute atomic E-state index is 0.343. The van der Waals surface area contributed by atoms with Crippen LogP contribution in [0.1, 0.15) is 25.1 Å². The number of nitrogens with zero attached hydrogens (tertiary/aromatic N) is 2. The predicted molar refractivity (Wildman–Crippen MR) is 155 cm³/mol. The average molecular weight is 499 g/mol. The zero-order chi connectivity index (χ0) is 26.3. The maximum absolute atomic E-state index is 11.8. The van der Waals surface area contributed by atoms with Gasteiger partial charge in [0.15, 0.2) is 0 Å². The summed E-state index contributed by atoms with van der Waals surface area (Å²) in [5.74, 6) is -0.343. The Morgan fingerprint density at radius 2 is 1.45 bits per heavy atom. The van der Waals surface area contributed by atoms with Crippen molar-refractivity contribution in [1.82, 2.24) is 9.78 Å². The summed E-state index contributed by atoms with van der Waals surface area (Å²) in [4.78, 5) is 11.8. The van der Waals surface area contributed by atoms with Crippen molar-refractivity contribution in [2.45, 2.75) is 20.3 Å². The number of para-hydroxylation sites is 1. The van der Waals surface area contributed by atoms with Crippen molar-refractivity contribution < 1.29 is 9.53 Å². The molecule has 0 unspecified atom stereocenters. The van der Waals surface area contributed by atoms with E-state index in [-0.39, 0.29) is 5.97 Å². The van der Waals surface area contributed by atoms with Crippen molar-refractivity contribution in [3.05, 3.63) is 127 Å². The van der Waals surface area contributed by atoms with Crippen molar-refractivity contribution in [2.75, 3.05) is 6.61 Å². The van der Waals surface area contributed by atoms with E-state index < -0.39 is 0 Å². The molecule has 0 bridgehead atoms. The van der Waals surface area contributed by atoms with Crippen molar-refractivity contribution in [1.29, 1.82) is 0 Å². The number of aromatic nitrogens is 2.